The number of nitrogens with two attached hydrogens (primary N) is 1. The number of likely N-dealkylation sites (N-methyl/N-ethyl adjacent to an activating group) is 2. The second kappa shape index (κ2) is 12.9. The molecule has 4 fully saturated rings. The normalized spacial score (nSPS) is 25.8. The number of likely N-dealkylation sites (tertiary alicyclic amines) is 2. The van der Waals surface area contributed by atoms with Crippen LogP contribution in [0.4, 0.5) is 33.6 Å². The van der Waals surface area contributed by atoms with Gasteiger partial charge in [-0.05, 0) is 57.8 Å². The summed E-state index contributed by atoms with van der Waals surface area (Å²) in [5, 5.41) is 0.137. The number of halogens is 5. The van der Waals surface area contributed by atoms with Gasteiger partial charge in [0.1, 0.15) is 41.3 Å². The molecule has 4 atom stereocenters. The first-order chi connectivity index (χ1) is 23.7. The predicted octanol–water partition coefficient (Wildman–Crippen LogP) is 4.39. The van der Waals surface area contributed by atoms with Crippen molar-refractivity contribution in [2.75, 3.05) is 64.1 Å². The minimum atomic E-state index is -4.87. The summed E-state index contributed by atoms with van der Waals surface area (Å²) in [6.07, 6.45) is 2.34. The van der Waals surface area contributed by atoms with E-state index in [1.165, 1.54) is 13.1 Å². The molecule has 4 aliphatic heterocycles. The van der Waals surface area contributed by atoms with Crippen molar-refractivity contribution in [1.29, 1.82) is 0 Å². The molecule has 0 bridgehead atoms. The zero-order valence-electron chi connectivity index (χ0n) is 28.2. The summed E-state index contributed by atoms with van der Waals surface area (Å²) >= 11 is 0. The third-order valence-corrected chi connectivity index (χ3v) is 10.8. The number of hydrogen-bond donors (Lipinski definition) is 1. The van der Waals surface area contributed by atoms with Gasteiger partial charge >= 0.3 is 12.2 Å². The van der Waals surface area contributed by atoms with E-state index in [0.29, 0.717) is 32.5 Å². The summed E-state index contributed by atoms with van der Waals surface area (Å²) in [5.74, 6) is -1.25. The standard InChI is InChI=1S/C34H40F5N9O2/c1-19-13-24(40)42-29(26(19)34(37,38)39)30-27(36)28-23(15-41-30)31(44-32(43-28)50-18-33-9-4-10-48(33)16-20(35)14-33)46(3)22-8-12-47(17-22)25(49)6-5-21-7-11-45(21)2/h5-6,13,15,20-22H,4,7-12,14,16-18H2,1-3H3,(H2,40,42)/b6-5+/t20-,21+,22-,33+/m1/s1. The average molecular weight is 702 g/mol. The van der Waals surface area contributed by atoms with Crippen LogP contribution in [0.25, 0.3) is 22.3 Å². The Morgan fingerprint density at radius 3 is 2.68 bits per heavy atom. The molecule has 0 spiro atoms. The molecule has 7 rings (SSSR count). The van der Waals surface area contributed by atoms with Crippen LogP contribution in [-0.4, -0.2) is 118 Å². The van der Waals surface area contributed by atoms with E-state index in [2.05, 4.69) is 29.7 Å². The summed E-state index contributed by atoms with van der Waals surface area (Å²) in [6, 6.07) is 0.881. The van der Waals surface area contributed by atoms with Gasteiger partial charge in [-0.1, -0.05) is 6.08 Å². The average Bonchev–Trinajstić information content (AvgIpc) is 3.76. The van der Waals surface area contributed by atoms with Gasteiger partial charge in [0.2, 0.25) is 5.91 Å². The smallest absolute Gasteiger partial charge is 0.418 e. The van der Waals surface area contributed by atoms with Crippen LogP contribution in [0.1, 0.15) is 43.2 Å². The number of fused-ring (bicyclic) bond motifs is 2. The highest BCUT2D eigenvalue weighted by molar-refractivity contribution is 5.92. The van der Waals surface area contributed by atoms with E-state index in [0.717, 1.165) is 32.0 Å². The molecule has 0 aromatic carbocycles. The number of carbonyl (C=O) groups excluding carboxylic acids is 1. The molecule has 0 radical (unpaired) electrons. The second-order valence-electron chi connectivity index (χ2n) is 14.0. The largest absolute Gasteiger partial charge is 0.461 e. The number of ether oxygens (including phenoxy) is 1. The van der Waals surface area contributed by atoms with Crippen LogP contribution >= 0.6 is 0 Å². The molecule has 0 unspecified atom stereocenters. The van der Waals surface area contributed by atoms with E-state index in [-0.39, 0.29) is 65.1 Å². The minimum absolute atomic E-state index is 0.0596. The van der Waals surface area contributed by atoms with Crippen molar-refractivity contribution in [3.8, 4) is 17.4 Å². The number of alkyl halides is 4. The molecule has 268 valence electrons. The SMILES string of the molecule is Cc1cc(N)nc(-c2ncc3c(N(C)[C@@H]4CCN(C(=O)/C=C/[C@H]5CCN5C)C4)nc(OC[C@@]45CCCN4C[C@H](F)C5)nc3c2F)c1C(F)(F)F. The van der Waals surface area contributed by atoms with Crippen molar-refractivity contribution < 1.29 is 31.5 Å². The van der Waals surface area contributed by atoms with E-state index in [9.17, 15) is 22.4 Å². The van der Waals surface area contributed by atoms with Gasteiger partial charge in [-0.25, -0.2) is 13.8 Å². The number of carbonyl (C=O) groups is 1. The van der Waals surface area contributed by atoms with Gasteiger partial charge in [0.05, 0.1) is 16.5 Å². The number of nitrogen functional groups attached to an aromatic ring is 1. The lowest BCUT2D eigenvalue weighted by molar-refractivity contribution is -0.137. The van der Waals surface area contributed by atoms with Crippen molar-refractivity contribution in [3.63, 3.8) is 0 Å². The van der Waals surface area contributed by atoms with Crippen LogP contribution in [-0.2, 0) is 11.0 Å². The van der Waals surface area contributed by atoms with E-state index >= 15 is 4.39 Å². The number of rotatable bonds is 8. The van der Waals surface area contributed by atoms with Gasteiger partial charge in [-0.3, -0.25) is 19.6 Å². The lowest BCUT2D eigenvalue weighted by atomic mass is 9.95. The maximum Gasteiger partial charge on any atom is 0.418 e. The molecular formula is C34H40F5N9O2. The number of amides is 1. The second-order valence-corrected chi connectivity index (χ2v) is 14.0. The molecule has 3 aromatic rings. The Kier molecular flexibility index (Phi) is 8.81. The highest BCUT2D eigenvalue weighted by Gasteiger charge is 2.49. The highest BCUT2D eigenvalue weighted by atomic mass is 19.4. The fourth-order valence-corrected chi connectivity index (χ4v) is 7.90. The van der Waals surface area contributed by atoms with Gasteiger partial charge in [-0.15, -0.1) is 0 Å². The summed E-state index contributed by atoms with van der Waals surface area (Å²) in [4.78, 5) is 37.8. The molecule has 2 N–H and O–H groups in total. The molecule has 11 nitrogen and oxygen atoms in total. The molecule has 1 amide bonds. The first-order valence-corrected chi connectivity index (χ1v) is 16.9. The van der Waals surface area contributed by atoms with Gasteiger partial charge in [0.15, 0.2) is 5.82 Å². The Balaban J connectivity index is 1.25. The van der Waals surface area contributed by atoms with Crippen LogP contribution in [0, 0.1) is 12.7 Å². The lowest BCUT2D eigenvalue weighted by Crippen LogP contribution is -2.43. The number of anilines is 2. The molecule has 0 saturated carbocycles. The topological polar surface area (TPSA) is 117 Å². The summed E-state index contributed by atoms with van der Waals surface area (Å²) < 4.78 is 79.9. The minimum Gasteiger partial charge on any atom is -0.461 e. The van der Waals surface area contributed by atoms with E-state index in [1.54, 1.807) is 22.9 Å². The maximum absolute atomic E-state index is 16.6. The van der Waals surface area contributed by atoms with E-state index in [1.807, 2.05) is 13.1 Å². The number of pyridine rings is 2. The Hall–Kier alpha value is -4.18. The third kappa shape index (κ3) is 6.20. The number of nitrogens with zero attached hydrogens (tertiary/aromatic N) is 8. The number of aryl methyl sites for hydroxylation is 1. The molecule has 4 aliphatic rings. The first kappa shape index (κ1) is 34.3. The fraction of sp³-hybridized carbons (Fsp3) is 0.559. The van der Waals surface area contributed by atoms with Crippen molar-refractivity contribution in [2.45, 2.75) is 69.0 Å². The molecule has 0 aliphatic carbocycles. The van der Waals surface area contributed by atoms with E-state index < -0.39 is 40.7 Å². The van der Waals surface area contributed by atoms with Crippen LogP contribution in [0.15, 0.2) is 24.4 Å². The van der Waals surface area contributed by atoms with Crippen LogP contribution in [0.2, 0.25) is 0 Å². The quantitative estimate of drug-likeness (QED) is 0.268. The molecule has 50 heavy (non-hydrogen) atoms. The predicted molar refractivity (Wildman–Crippen MR) is 177 cm³/mol. The summed E-state index contributed by atoms with van der Waals surface area (Å²) in [7, 11) is 3.76. The third-order valence-electron chi connectivity index (χ3n) is 10.8. The number of aromatic nitrogens is 4. The van der Waals surface area contributed by atoms with Crippen molar-refractivity contribution in [3.05, 3.63) is 41.4 Å². The zero-order valence-corrected chi connectivity index (χ0v) is 28.2. The molecule has 7 heterocycles. The van der Waals surface area contributed by atoms with Gasteiger partial charge in [0.25, 0.3) is 0 Å². The highest BCUT2D eigenvalue weighted by Crippen LogP contribution is 2.42. The van der Waals surface area contributed by atoms with Crippen molar-refractivity contribution in [1.82, 2.24) is 34.6 Å². The zero-order chi connectivity index (χ0) is 35.5. The summed E-state index contributed by atoms with van der Waals surface area (Å²) in [6.45, 7) is 4.17. The first-order valence-electron chi connectivity index (χ1n) is 16.9. The molecule has 4 saturated heterocycles. The van der Waals surface area contributed by atoms with Gasteiger partial charge < -0.3 is 20.3 Å². The van der Waals surface area contributed by atoms with E-state index in [4.69, 9.17) is 10.5 Å². The Morgan fingerprint density at radius 1 is 1.16 bits per heavy atom. The monoisotopic (exact) mass is 701 g/mol. The van der Waals surface area contributed by atoms with Crippen LogP contribution in [0.5, 0.6) is 6.01 Å². The van der Waals surface area contributed by atoms with Crippen molar-refractivity contribution >= 4 is 28.4 Å². The Labute approximate surface area is 286 Å². The van der Waals surface area contributed by atoms with Gasteiger partial charge in [-0.2, -0.15) is 23.1 Å². The maximum atomic E-state index is 16.6. The number of hydrogen-bond acceptors (Lipinski definition) is 10. The molecular weight excluding hydrogens is 661 g/mol. The Bertz CT molecular complexity index is 1840. The molecule has 16 heteroatoms. The fourth-order valence-electron chi connectivity index (χ4n) is 7.90. The summed E-state index contributed by atoms with van der Waals surface area (Å²) in [5.41, 5.74) is 2.14. The van der Waals surface area contributed by atoms with Crippen LogP contribution < -0.4 is 15.4 Å². The lowest BCUT2D eigenvalue weighted by Gasteiger charge is -2.35. The molecule has 3 aromatic heterocycles. The van der Waals surface area contributed by atoms with Crippen LogP contribution in [0.3, 0.4) is 0 Å². The van der Waals surface area contributed by atoms with Crippen molar-refractivity contribution in [2.24, 2.45) is 0 Å². The van der Waals surface area contributed by atoms with Gasteiger partial charge in [0, 0.05) is 64.0 Å². The Morgan fingerprint density at radius 2 is 1.96 bits per heavy atom.